The van der Waals surface area contributed by atoms with Gasteiger partial charge in [0.25, 0.3) is 0 Å². The van der Waals surface area contributed by atoms with Crippen LogP contribution in [0.5, 0.6) is 0 Å². The van der Waals surface area contributed by atoms with Crippen molar-refractivity contribution in [3.05, 3.63) is 0 Å². The lowest BCUT2D eigenvalue weighted by atomic mass is 9.74. The molecule has 64 heavy (non-hydrogen) atoms. The molecule has 20 heteroatoms. The molecule has 0 aromatic carbocycles. The molecule has 0 amide bonds. The molecule has 0 aliphatic heterocycles. The van der Waals surface area contributed by atoms with E-state index in [9.17, 15) is 49.8 Å². The lowest BCUT2D eigenvalue weighted by Gasteiger charge is -2.32. The lowest BCUT2D eigenvalue weighted by molar-refractivity contribution is -0.169. The largest absolute Gasteiger partial charge is 0.481 e. The minimum absolute atomic E-state index is 0.0405. The van der Waals surface area contributed by atoms with E-state index < -0.39 is 103 Å². The van der Waals surface area contributed by atoms with Gasteiger partial charge < -0.3 is 78.0 Å². The van der Waals surface area contributed by atoms with Gasteiger partial charge in [-0.1, -0.05) is 20.8 Å². The SMILES string of the molecule is CCC(O)COCC(OC)C(O)C(O)C(COCC(O)COC(=O)C1CC(C)CCC1C(=O)OCC(COCCCCOCC(O)COC(=O)C1CC(C)CCC1C(=O)O)OC)OC. The summed E-state index contributed by atoms with van der Waals surface area (Å²) < 4.78 is 54.3. The Morgan fingerprint density at radius 1 is 0.500 bits per heavy atom. The van der Waals surface area contributed by atoms with E-state index in [0.717, 1.165) is 6.42 Å². The normalized spacial score (nSPS) is 25.2. The van der Waals surface area contributed by atoms with E-state index in [-0.39, 0.29) is 64.7 Å². The Labute approximate surface area is 377 Å². The molecule has 2 saturated carbocycles. The van der Waals surface area contributed by atoms with Crippen LogP contribution in [0.1, 0.15) is 78.6 Å². The minimum atomic E-state index is -1.45. The van der Waals surface area contributed by atoms with Crippen molar-refractivity contribution in [3.8, 4) is 0 Å². The summed E-state index contributed by atoms with van der Waals surface area (Å²) in [7, 11) is 4.13. The van der Waals surface area contributed by atoms with E-state index in [1.807, 2.05) is 13.8 Å². The number of carboxylic acid groups (broad SMARTS) is 1. The Morgan fingerprint density at radius 2 is 0.922 bits per heavy atom. The van der Waals surface area contributed by atoms with Gasteiger partial charge in [0, 0.05) is 34.5 Å². The zero-order valence-electron chi connectivity index (χ0n) is 38.6. The summed E-state index contributed by atoms with van der Waals surface area (Å²) in [5.41, 5.74) is 0. The summed E-state index contributed by atoms with van der Waals surface area (Å²) in [6.45, 7) is 5.17. The molecule has 0 saturated heterocycles. The van der Waals surface area contributed by atoms with E-state index in [2.05, 4.69) is 0 Å². The topological polar surface area (TPSA) is 282 Å². The van der Waals surface area contributed by atoms with E-state index in [1.54, 1.807) is 6.92 Å². The van der Waals surface area contributed by atoms with Gasteiger partial charge in [0.2, 0.25) is 0 Å². The molecule has 374 valence electrons. The Balaban J connectivity index is 1.67. The Morgan fingerprint density at radius 3 is 1.39 bits per heavy atom. The third-order valence-corrected chi connectivity index (χ3v) is 11.8. The van der Waals surface area contributed by atoms with Gasteiger partial charge in [-0.15, -0.1) is 0 Å². The molecule has 0 radical (unpaired) electrons. The van der Waals surface area contributed by atoms with E-state index >= 15 is 0 Å². The summed E-state index contributed by atoms with van der Waals surface area (Å²) in [6, 6.07) is 0. The van der Waals surface area contributed by atoms with Gasteiger partial charge in [-0.25, -0.2) is 0 Å². The van der Waals surface area contributed by atoms with Crippen LogP contribution < -0.4 is 0 Å². The highest BCUT2D eigenvalue weighted by Gasteiger charge is 2.41. The highest BCUT2D eigenvalue weighted by Crippen LogP contribution is 2.36. The predicted octanol–water partition coefficient (Wildman–Crippen LogP) is 0.912. The highest BCUT2D eigenvalue weighted by atomic mass is 16.6. The van der Waals surface area contributed by atoms with Crippen LogP contribution in [-0.2, 0) is 66.5 Å². The summed E-state index contributed by atoms with van der Waals surface area (Å²) in [5, 5.41) is 61.2. The number of methoxy groups -OCH3 is 3. The Hall–Kier alpha value is -2.60. The van der Waals surface area contributed by atoms with Gasteiger partial charge in [-0.2, -0.15) is 0 Å². The number of esters is 3. The van der Waals surface area contributed by atoms with Crippen molar-refractivity contribution >= 4 is 23.9 Å². The predicted molar refractivity (Wildman–Crippen MR) is 226 cm³/mol. The quantitative estimate of drug-likeness (QED) is 0.0297. The first-order chi connectivity index (χ1) is 30.6. The maximum atomic E-state index is 13.2. The van der Waals surface area contributed by atoms with Crippen molar-refractivity contribution in [2.24, 2.45) is 35.5 Å². The van der Waals surface area contributed by atoms with Crippen molar-refractivity contribution in [3.63, 3.8) is 0 Å². The van der Waals surface area contributed by atoms with Crippen molar-refractivity contribution < 1.29 is 97.2 Å². The molecule has 0 aromatic rings. The number of carbonyl (C=O) groups excluding carboxylic acids is 3. The van der Waals surface area contributed by atoms with Crippen molar-refractivity contribution in [2.75, 3.05) is 94.0 Å². The van der Waals surface area contributed by atoms with E-state index in [4.69, 9.17) is 47.4 Å². The molecule has 0 heterocycles. The molecule has 20 nitrogen and oxygen atoms in total. The summed E-state index contributed by atoms with van der Waals surface area (Å²) >= 11 is 0. The second-order valence-electron chi connectivity index (χ2n) is 17.2. The van der Waals surface area contributed by atoms with Crippen LogP contribution in [0, 0.1) is 35.5 Å². The average molecular weight is 927 g/mol. The maximum Gasteiger partial charge on any atom is 0.309 e. The van der Waals surface area contributed by atoms with Crippen molar-refractivity contribution in [1.82, 2.24) is 0 Å². The summed E-state index contributed by atoms with van der Waals surface area (Å²) in [6.07, 6.45) is -3.45. The third-order valence-electron chi connectivity index (χ3n) is 11.8. The number of aliphatic hydroxyl groups excluding tert-OH is 5. The molecule has 6 N–H and O–H groups in total. The zero-order chi connectivity index (χ0) is 47.6. The van der Waals surface area contributed by atoms with Crippen LogP contribution in [0.2, 0.25) is 0 Å². The van der Waals surface area contributed by atoms with Crippen LogP contribution in [-0.4, -0.2) is 197 Å². The van der Waals surface area contributed by atoms with Crippen LogP contribution in [0.25, 0.3) is 0 Å². The minimum Gasteiger partial charge on any atom is -0.481 e. The molecule has 0 spiro atoms. The van der Waals surface area contributed by atoms with Gasteiger partial charge in [-0.05, 0) is 69.6 Å². The molecule has 14 atom stereocenters. The van der Waals surface area contributed by atoms with Crippen molar-refractivity contribution in [1.29, 1.82) is 0 Å². The number of ether oxygens (including phenoxy) is 10. The number of hydrogen-bond donors (Lipinski definition) is 6. The van der Waals surface area contributed by atoms with Crippen LogP contribution >= 0.6 is 0 Å². The number of unbranched alkanes of at least 4 members (excludes halogenated alkanes) is 1. The second kappa shape index (κ2) is 32.2. The zero-order valence-corrected chi connectivity index (χ0v) is 38.6. The number of hydrogen-bond acceptors (Lipinski definition) is 19. The number of rotatable bonds is 34. The molecular formula is C44H78O20. The Kier molecular flexibility index (Phi) is 28.9. The Bertz CT molecular complexity index is 1310. The van der Waals surface area contributed by atoms with E-state index in [0.29, 0.717) is 64.6 Å². The van der Waals surface area contributed by atoms with Gasteiger partial charge in [-0.3, -0.25) is 19.2 Å². The molecule has 2 fully saturated rings. The van der Waals surface area contributed by atoms with E-state index in [1.165, 1.54) is 21.3 Å². The number of carboxylic acids is 1. The molecule has 0 aromatic heterocycles. The first kappa shape index (κ1) is 57.5. The molecule has 0 bridgehead atoms. The highest BCUT2D eigenvalue weighted by molar-refractivity contribution is 5.82. The number of aliphatic hydroxyl groups is 5. The first-order valence-electron chi connectivity index (χ1n) is 22.6. The van der Waals surface area contributed by atoms with Crippen LogP contribution in [0.4, 0.5) is 0 Å². The van der Waals surface area contributed by atoms with Gasteiger partial charge in [0.1, 0.15) is 62.5 Å². The van der Waals surface area contributed by atoms with Gasteiger partial charge in [0.15, 0.2) is 0 Å². The molecule has 14 unspecified atom stereocenters. The monoisotopic (exact) mass is 927 g/mol. The van der Waals surface area contributed by atoms with Crippen molar-refractivity contribution in [2.45, 2.75) is 127 Å². The summed E-state index contributed by atoms with van der Waals surface area (Å²) in [4.78, 5) is 50.5. The van der Waals surface area contributed by atoms with Gasteiger partial charge in [0.05, 0.1) is 69.4 Å². The van der Waals surface area contributed by atoms with Crippen LogP contribution in [0.15, 0.2) is 0 Å². The smallest absolute Gasteiger partial charge is 0.309 e. The lowest BCUT2D eigenvalue weighted by Crippen LogP contribution is -2.49. The first-order valence-corrected chi connectivity index (χ1v) is 22.6. The fourth-order valence-electron chi connectivity index (χ4n) is 7.65. The third kappa shape index (κ3) is 21.4. The molecule has 2 aliphatic carbocycles. The van der Waals surface area contributed by atoms with Gasteiger partial charge >= 0.3 is 23.9 Å². The fourth-order valence-corrected chi connectivity index (χ4v) is 7.65. The maximum absolute atomic E-state index is 13.2. The standard InChI is InChI=1S/C44H78O20/c1-7-29(45)18-60-25-37(56-5)39(48)40(49)38(57-6)26-61-20-31(47)22-63-44(54)36-17-28(3)11-13-34(36)42(52)64-24-32(55-4)23-59-15-9-8-14-58-19-30(46)21-62-43(53)35-16-27(2)10-12-33(35)41(50)51/h27-40,45-49H,7-26H2,1-6H3,(H,50,51). The number of aliphatic carboxylic acids is 1. The average Bonchev–Trinajstić information content (AvgIpc) is 3.28. The second-order valence-corrected chi connectivity index (χ2v) is 17.2. The molecule has 2 rings (SSSR count). The fraction of sp³-hybridized carbons (Fsp3) is 0.909. The molecule has 2 aliphatic rings. The van der Waals surface area contributed by atoms with Crippen LogP contribution in [0.3, 0.4) is 0 Å². The number of carbonyl (C=O) groups is 4. The summed E-state index contributed by atoms with van der Waals surface area (Å²) in [5.74, 6) is -5.49. The molecular weight excluding hydrogens is 848 g/mol.